The van der Waals surface area contributed by atoms with Crippen molar-refractivity contribution < 1.29 is 0 Å². The van der Waals surface area contributed by atoms with Crippen molar-refractivity contribution in [2.75, 3.05) is 5.01 Å². The third kappa shape index (κ3) is 2.10. The number of benzene rings is 1. The lowest BCUT2D eigenvalue weighted by Crippen LogP contribution is -2.53. The van der Waals surface area contributed by atoms with E-state index in [2.05, 4.69) is 29.8 Å². The lowest BCUT2D eigenvalue weighted by molar-refractivity contribution is 0.192. The van der Waals surface area contributed by atoms with E-state index >= 15 is 0 Å². The first-order chi connectivity index (χ1) is 8.69. The molecule has 1 saturated heterocycles. The molecule has 1 aliphatic carbocycles. The number of hydrogen-bond acceptors (Lipinski definition) is 2. The molecule has 2 aliphatic rings. The molecule has 2 fully saturated rings. The van der Waals surface area contributed by atoms with Gasteiger partial charge in [-0.15, -0.1) is 0 Å². The van der Waals surface area contributed by atoms with E-state index in [0.717, 1.165) is 29.6 Å². The molecule has 0 radical (unpaired) electrons. The summed E-state index contributed by atoms with van der Waals surface area (Å²) < 4.78 is 0. The van der Waals surface area contributed by atoms with Gasteiger partial charge in [0, 0.05) is 0 Å². The van der Waals surface area contributed by atoms with E-state index in [4.69, 9.17) is 12.2 Å². The highest BCUT2D eigenvalue weighted by atomic mass is 32.1. The molecular formula is C14H19N3S. The van der Waals surface area contributed by atoms with Crippen LogP contribution < -0.4 is 15.8 Å². The van der Waals surface area contributed by atoms with E-state index < -0.39 is 0 Å². The molecule has 1 aromatic carbocycles. The van der Waals surface area contributed by atoms with Crippen molar-refractivity contribution in [3.8, 4) is 0 Å². The van der Waals surface area contributed by atoms with Gasteiger partial charge in [0.1, 0.15) is 5.66 Å². The number of thiocarbonyl (C=S) groups is 1. The Morgan fingerprint density at radius 1 is 1.33 bits per heavy atom. The third-order valence-corrected chi connectivity index (χ3v) is 4.17. The standard InChI is InChI=1S/C14H19N3S/c1-11-6-5-9-14(10-11)15-13(18)17(16-14)12-7-3-2-4-8-12/h2-4,7-8,11,16H,5-6,9-10H2,1H3,(H,15,18)/t11-,14+/m1/s1. The van der Waals surface area contributed by atoms with E-state index in [-0.39, 0.29) is 5.66 Å². The van der Waals surface area contributed by atoms with Crippen LogP contribution in [0.2, 0.25) is 0 Å². The summed E-state index contributed by atoms with van der Waals surface area (Å²) in [5.74, 6) is 0.747. The lowest BCUT2D eigenvalue weighted by atomic mass is 9.83. The number of para-hydroxylation sites is 1. The van der Waals surface area contributed by atoms with E-state index in [1.54, 1.807) is 0 Å². The second-order valence-corrected chi connectivity index (χ2v) is 5.88. The molecule has 0 unspecified atom stereocenters. The van der Waals surface area contributed by atoms with Gasteiger partial charge in [0.25, 0.3) is 0 Å². The zero-order chi connectivity index (χ0) is 12.6. The van der Waals surface area contributed by atoms with Gasteiger partial charge < -0.3 is 5.32 Å². The average molecular weight is 261 g/mol. The van der Waals surface area contributed by atoms with Crippen molar-refractivity contribution >= 4 is 23.0 Å². The summed E-state index contributed by atoms with van der Waals surface area (Å²) in [6.45, 7) is 2.32. The van der Waals surface area contributed by atoms with Gasteiger partial charge in [-0.1, -0.05) is 31.5 Å². The molecule has 1 aromatic rings. The molecule has 1 spiro atoms. The van der Waals surface area contributed by atoms with Crippen molar-refractivity contribution in [2.45, 2.75) is 38.3 Å². The van der Waals surface area contributed by atoms with Crippen LogP contribution in [0.5, 0.6) is 0 Å². The molecule has 3 nitrogen and oxygen atoms in total. The molecule has 2 atom stereocenters. The molecule has 18 heavy (non-hydrogen) atoms. The Morgan fingerprint density at radius 2 is 2.11 bits per heavy atom. The largest absolute Gasteiger partial charge is 0.342 e. The number of nitrogens with one attached hydrogen (secondary N) is 2. The summed E-state index contributed by atoms with van der Waals surface area (Å²) in [5.41, 5.74) is 4.66. The van der Waals surface area contributed by atoms with Crippen LogP contribution in [0.25, 0.3) is 0 Å². The van der Waals surface area contributed by atoms with Gasteiger partial charge in [0.15, 0.2) is 5.11 Å². The van der Waals surface area contributed by atoms with Gasteiger partial charge in [-0.3, -0.25) is 5.01 Å². The lowest BCUT2D eigenvalue weighted by Gasteiger charge is -2.36. The monoisotopic (exact) mass is 261 g/mol. The first-order valence-electron chi connectivity index (χ1n) is 6.64. The summed E-state index contributed by atoms with van der Waals surface area (Å²) >= 11 is 5.47. The van der Waals surface area contributed by atoms with Crippen LogP contribution in [0.3, 0.4) is 0 Å². The van der Waals surface area contributed by atoms with Crippen molar-refractivity contribution in [1.29, 1.82) is 0 Å². The fourth-order valence-corrected chi connectivity index (χ4v) is 3.42. The van der Waals surface area contributed by atoms with Crippen LogP contribution in [0.15, 0.2) is 30.3 Å². The summed E-state index contributed by atoms with van der Waals surface area (Å²) in [6.07, 6.45) is 4.85. The molecule has 1 aliphatic heterocycles. The van der Waals surface area contributed by atoms with Crippen molar-refractivity contribution in [3.05, 3.63) is 30.3 Å². The van der Waals surface area contributed by atoms with Crippen LogP contribution in [-0.2, 0) is 0 Å². The summed E-state index contributed by atoms with van der Waals surface area (Å²) in [5, 5.41) is 6.29. The molecule has 2 N–H and O–H groups in total. The minimum absolute atomic E-state index is 0.0232. The Bertz CT molecular complexity index is 448. The molecule has 0 amide bonds. The first-order valence-corrected chi connectivity index (χ1v) is 7.04. The topological polar surface area (TPSA) is 27.3 Å². The number of hydrogen-bond donors (Lipinski definition) is 2. The van der Waals surface area contributed by atoms with Crippen LogP contribution in [0.1, 0.15) is 32.6 Å². The molecular weight excluding hydrogens is 242 g/mol. The fraction of sp³-hybridized carbons (Fsp3) is 0.500. The number of rotatable bonds is 1. The minimum atomic E-state index is -0.0232. The first kappa shape index (κ1) is 11.9. The van der Waals surface area contributed by atoms with Crippen LogP contribution in [0.4, 0.5) is 5.69 Å². The maximum absolute atomic E-state index is 5.47. The molecule has 4 heteroatoms. The second kappa shape index (κ2) is 4.52. The van der Waals surface area contributed by atoms with Gasteiger partial charge in [-0.2, -0.15) is 0 Å². The van der Waals surface area contributed by atoms with Crippen LogP contribution in [0, 0.1) is 5.92 Å². The fourth-order valence-electron chi connectivity index (χ4n) is 3.08. The zero-order valence-electron chi connectivity index (χ0n) is 10.6. The average Bonchev–Trinajstić information content (AvgIpc) is 2.67. The van der Waals surface area contributed by atoms with E-state index in [0.29, 0.717) is 0 Å². The zero-order valence-corrected chi connectivity index (χ0v) is 11.5. The Labute approximate surface area is 114 Å². The number of nitrogens with zero attached hydrogens (tertiary/aromatic N) is 1. The van der Waals surface area contributed by atoms with Crippen molar-refractivity contribution in [1.82, 2.24) is 10.7 Å². The molecule has 1 saturated carbocycles. The molecule has 0 aromatic heterocycles. The van der Waals surface area contributed by atoms with Crippen molar-refractivity contribution in [3.63, 3.8) is 0 Å². The van der Waals surface area contributed by atoms with Crippen LogP contribution >= 0.6 is 12.2 Å². The number of hydrazine groups is 1. The van der Waals surface area contributed by atoms with Crippen molar-refractivity contribution in [2.24, 2.45) is 5.92 Å². The van der Waals surface area contributed by atoms with Crippen LogP contribution in [-0.4, -0.2) is 10.8 Å². The molecule has 0 bridgehead atoms. The molecule has 96 valence electrons. The minimum Gasteiger partial charge on any atom is -0.342 e. The quantitative estimate of drug-likeness (QED) is 0.760. The molecule has 1 heterocycles. The third-order valence-electron chi connectivity index (χ3n) is 3.89. The Hall–Kier alpha value is -1.13. The summed E-state index contributed by atoms with van der Waals surface area (Å²) in [6, 6.07) is 10.2. The van der Waals surface area contributed by atoms with Gasteiger partial charge in [0.05, 0.1) is 5.69 Å². The van der Waals surface area contributed by atoms with E-state index in [9.17, 15) is 0 Å². The highest BCUT2D eigenvalue weighted by Gasteiger charge is 2.42. The van der Waals surface area contributed by atoms with Gasteiger partial charge in [-0.05, 0) is 49.5 Å². The predicted octanol–water partition coefficient (Wildman–Crippen LogP) is 2.79. The summed E-state index contributed by atoms with van der Waals surface area (Å²) in [4.78, 5) is 0. The Balaban J connectivity index is 1.82. The van der Waals surface area contributed by atoms with Gasteiger partial charge in [0.2, 0.25) is 0 Å². The van der Waals surface area contributed by atoms with Gasteiger partial charge >= 0.3 is 0 Å². The number of anilines is 1. The summed E-state index contributed by atoms with van der Waals surface area (Å²) in [7, 11) is 0. The van der Waals surface area contributed by atoms with E-state index in [1.807, 2.05) is 23.2 Å². The smallest absolute Gasteiger partial charge is 0.189 e. The highest BCUT2D eigenvalue weighted by Crippen LogP contribution is 2.34. The maximum Gasteiger partial charge on any atom is 0.189 e. The molecule has 3 rings (SSSR count). The Morgan fingerprint density at radius 3 is 2.83 bits per heavy atom. The maximum atomic E-state index is 5.47. The van der Waals surface area contributed by atoms with E-state index in [1.165, 1.54) is 12.8 Å². The van der Waals surface area contributed by atoms with Gasteiger partial charge in [-0.25, -0.2) is 5.43 Å². The SMILES string of the molecule is C[C@@H]1CCC[C@]2(C1)NC(=S)N(c1ccccc1)N2. The second-order valence-electron chi connectivity index (χ2n) is 5.50. The highest BCUT2D eigenvalue weighted by molar-refractivity contribution is 7.80. The normalized spacial score (nSPS) is 31.7. The predicted molar refractivity (Wildman–Crippen MR) is 78.2 cm³/mol. The Kier molecular flexibility index (Phi) is 2.99.